The summed E-state index contributed by atoms with van der Waals surface area (Å²) < 4.78 is 5.60. The lowest BCUT2D eigenvalue weighted by Gasteiger charge is -2.28. The largest absolute Gasteiger partial charge is 0.381 e. The summed E-state index contributed by atoms with van der Waals surface area (Å²) in [5.41, 5.74) is 0.288. The summed E-state index contributed by atoms with van der Waals surface area (Å²) in [6, 6.07) is 0.584. The van der Waals surface area contributed by atoms with E-state index in [1.165, 1.54) is 6.42 Å². The quantitative estimate of drug-likeness (QED) is 0.610. The van der Waals surface area contributed by atoms with Crippen molar-refractivity contribution >= 4 is 0 Å². The summed E-state index contributed by atoms with van der Waals surface area (Å²) >= 11 is 0. The predicted molar refractivity (Wildman–Crippen MR) is 62.6 cm³/mol. The molecule has 2 heteroatoms. The van der Waals surface area contributed by atoms with Crippen LogP contribution in [0, 0.1) is 5.41 Å². The van der Waals surface area contributed by atoms with E-state index in [2.05, 4.69) is 39.9 Å². The minimum absolute atomic E-state index is 0.288. The first kappa shape index (κ1) is 13.9. The van der Waals surface area contributed by atoms with Crippen LogP contribution in [0.15, 0.2) is 0 Å². The van der Waals surface area contributed by atoms with Gasteiger partial charge in [0.15, 0.2) is 0 Å². The van der Waals surface area contributed by atoms with Crippen molar-refractivity contribution in [3.05, 3.63) is 0 Å². The molecule has 0 aliphatic heterocycles. The van der Waals surface area contributed by atoms with Crippen molar-refractivity contribution in [3.63, 3.8) is 0 Å². The number of rotatable bonds is 8. The molecule has 0 aromatic rings. The molecule has 0 aromatic carbocycles. The highest BCUT2D eigenvalue weighted by molar-refractivity contribution is 4.74. The normalized spacial score (nSPS) is 14.4. The number of ether oxygens (including phenoxy) is 1. The predicted octanol–water partition coefficient (Wildman–Crippen LogP) is 2.83. The third kappa shape index (κ3) is 7.34. The molecule has 1 atom stereocenters. The first-order valence-corrected chi connectivity index (χ1v) is 5.83. The molecule has 0 rings (SSSR count). The molecule has 86 valence electrons. The van der Waals surface area contributed by atoms with Gasteiger partial charge < -0.3 is 10.1 Å². The van der Waals surface area contributed by atoms with Gasteiger partial charge in [-0.1, -0.05) is 27.7 Å². The van der Waals surface area contributed by atoms with Crippen LogP contribution in [0.3, 0.4) is 0 Å². The van der Waals surface area contributed by atoms with E-state index in [0.29, 0.717) is 6.04 Å². The minimum atomic E-state index is 0.288. The number of hydrogen-bond acceptors (Lipinski definition) is 2. The van der Waals surface area contributed by atoms with Gasteiger partial charge in [-0.05, 0) is 31.7 Å². The van der Waals surface area contributed by atoms with Gasteiger partial charge in [-0.3, -0.25) is 0 Å². The van der Waals surface area contributed by atoms with E-state index in [1.807, 2.05) is 0 Å². The lowest BCUT2D eigenvalue weighted by atomic mass is 9.87. The van der Waals surface area contributed by atoms with E-state index in [-0.39, 0.29) is 5.41 Å². The smallest absolute Gasteiger partial charge is 0.0517 e. The second-order valence-corrected chi connectivity index (χ2v) is 4.88. The molecule has 0 aliphatic rings. The van der Waals surface area contributed by atoms with Gasteiger partial charge in [-0.25, -0.2) is 0 Å². The molecule has 1 N–H and O–H groups in total. The molecule has 0 saturated heterocycles. The van der Waals surface area contributed by atoms with Gasteiger partial charge in [0, 0.05) is 12.6 Å². The van der Waals surface area contributed by atoms with Crippen molar-refractivity contribution in [2.75, 3.05) is 19.8 Å². The summed E-state index contributed by atoms with van der Waals surface area (Å²) in [6.07, 6.45) is 2.28. The molecule has 0 bridgehead atoms. The molecule has 0 heterocycles. The van der Waals surface area contributed by atoms with Crippen LogP contribution < -0.4 is 5.32 Å². The number of hydrogen-bond donors (Lipinski definition) is 1. The fraction of sp³-hybridized carbons (Fsp3) is 1.00. The van der Waals surface area contributed by atoms with E-state index >= 15 is 0 Å². The highest BCUT2D eigenvalue weighted by Gasteiger charge is 2.20. The van der Waals surface area contributed by atoms with E-state index in [9.17, 15) is 0 Å². The average Bonchev–Trinajstić information content (AvgIpc) is 2.03. The summed E-state index contributed by atoms with van der Waals surface area (Å²) in [6.45, 7) is 13.9. The minimum Gasteiger partial charge on any atom is -0.381 e. The monoisotopic (exact) mass is 201 g/mol. The van der Waals surface area contributed by atoms with Crippen LogP contribution in [0.1, 0.15) is 47.5 Å². The Morgan fingerprint density at radius 3 is 2.43 bits per heavy atom. The zero-order chi connectivity index (χ0) is 11.0. The summed E-state index contributed by atoms with van der Waals surface area (Å²) in [5, 5.41) is 3.44. The van der Waals surface area contributed by atoms with Crippen LogP contribution in [0.5, 0.6) is 0 Å². The van der Waals surface area contributed by atoms with Gasteiger partial charge in [0.25, 0.3) is 0 Å². The Morgan fingerprint density at radius 2 is 1.93 bits per heavy atom. The topological polar surface area (TPSA) is 21.3 Å². The first-order valence-electron chi connectivity index (χ1n) is 5.83. The molecule has 0 aromatic heterocycles. The first-order chi connectivity index (χ1) is 6.52. The lowest BCUT2D eigenvalue weighted by Crippen LogP contribution is -2.33. The molecule has 0 saturated carbocycles. The van der Waals surface area contributed by atoms with Crippen LogP contribution in [0.25, 0.3) is 0 Å². The van der Waals surface area contributed by atoms with Crippen molar-refractivity contribution in [2.45, 2.75) is 53.5 Å². The fourth-order valence-electron chi connectivity index (χ4n) is 1.80. The molecule has 0 aliphatic carbocycles. The molecule has 2 nitrogen and oxygen atoms in total. The molecule has 0 spiro atoms. The Labute approximate surface area is 89.4 Å². The molecule has 14 heavy (non-hydrogen) atoms. The summed E-state index contributed by atoms with van der Waals surface area (Å²) in [5.74, 6) is 0. The Morgan fingerprint density at radius 1 is 1.29 bits per heavy atom. The third-order valence-corrected chi connectivity index (χ3v) is 2.25. The fourth-order valence-corrected chi connectivity index (χ4v) is 1.80. The van der Waals surface area contributed by atoms with Crippen LogP contribution >= 0.6 is 0 Å². The van der Waals surface area contributed by atoms with Gasteiger partial charge >= 0.3 is 0 Å². The van der Waals surface area contributed by atoms with Crippen LogP contribution in [-0.4, -0.2) is 25.8 Å². The van der Waals surface area contributed by atoms with Crippen molar-refractivity contribution in [1.29, 1.82) is 0 Å². The summed E-state index contributed by atoms with van der Waals surface area (Å²) in [4.78, 5) is 0. The van der Waals surface area contributed by atoms with Crippen molar-refractivity contribution in [1.82, 2.24) is 5.32 Å². The summed E-state index contributed by atoms with van der Waals surface area (Å²) in [7, 11) is 0. The Kier molecular flexibility index (Phi) is 7.20. The van der Waals surface area contributed by atoms with Crippen LogP contribution in [0.4, 0.5) is 0 Å². The standard InChI is InChI=1S/C12H27NO/c1-6-8-14-10-12(4,5)9-11(3)13-7-2/h11,13H,6-10H2,1-5H3. The lowest BCUT2D eigenvalue weighted by molar-refractivity contribution is 0.0536. The Bertz CT molecular complexity index is 134. The van der Waals surface area contributed by atoms with Crippen molar-refractivity contribution < 1.29 is 4.74 Å². The maximum absolute atomic E-state index is 5.60. The zero-order valence-corrected chi connectivity index (χ0v) is 10.5. The highest BCUT2D eigenvalue weighted by atomic mass is 16.5. The van der Waals surface area contributed by atoms with Crippen LogP contribution in [0.2, 0.25) is 0 Å². The second kappa shape index (κ2) is 7.24. The molecule has 0 radical (unpaired) electrons. The molecular weight excluding hydrogens is 174 g/mol. The van der Waals surface area contributed by atoms with Gasteiger partial charge in [0.1, 0.15) is 0 Å². The highest BCUT2D eigenvalue weighted by Crippen LogP contribution is 2.22. The Balaban J connectivity index is 3.69. The Hall–Kier alpha value is -0.0800. The van der Waals surface area contributed by atoms with E-state index < -0.39 is 0 Å². The number of nitrogens with one attached hydrogen (secondary N) is 1. The maximum Gasteiger partial charge on any atom is 0.0517 e. The molecular formula is C12H27NO. The molecule has 0 fully saturated rings. The van der Waals surface area contributed by atoms with E-state index in [4.69, 9.17) is 4.74 Å². The van der Waals surface area contributed by atoms with Crippen LogP contribution in [-0.2, 0) is 4.74 Å². The SMILES string of the molecule is CCCOCC(C)(C)CC(C)NCC. The van der Waals surface area contributed by atoms with E-state index in [1.54, 1.807) is 0 Å². The second-order valence-electron chi connectivity index (χ2n) is 4.88. The van der Waals surface area contributed by atoms with Crippen molar-refractivity contribution in [3.8, 4) is 0 Å². The maximum atomic E-state index is 5.60. The molecule has 1 unspecified atom stereocenters. The van der Waals surface area contributed by atoms with Gasteiger partial charge in [0.05, 0.1) is 6.61 Å². The molecule has 0 amide bonds. The van der Waals surface area contributed by atoms with Gasteiger partial charge in [-0.2, -0.15) is 0 Å². The van der Waals surface area contributed by atoms with Gasteiger partial charge in [-0.15, -0.1) is 0 Å². The van der Waals surface area contributed by atoms with Crippen molar-refractivity contribution in [2.24, 2.45) is 5.41 Å². The third-order valence-electron chi connectivity index (χ3n) is 2.25. The van der Waals surface area contributed by atoms with Gasteiger partial charge in [0.2, 0.25) is 0 Å². The average molecular weight is 201 g/mol. The van der Waals surface area contributed by atoms with E-state index in [0.717, 1.165) is 26.2 Å². The zero-order valence-electron chi connectivity index (χ0n) is 10.5.